The van der Waals surface area contributed by atoms with Crippen LogP contribution in [0, 0.1) is 5.82 Å². The van der Waals surface area contributed by atoms with Gasteiger partial charge in [0.1, 0.15) is 11.0 Å². The first-order valence-corrected chi connectivity index (χ1v) is 6.23. The number of nitrogens with two attached hydrogens (primary N) is 1. The van der Waals surface area contributed by atoms with Gasteiger partial charge in [0.25, 0.3) is 0 Å². The molecule has 0 unspecified atom stereocenters. The minimum Gasteiger partial charge on any atom is -0.330 e. The van der Waals surface area contributed by atoms with Gasteiger partial charge in [0.15, 0.2) is 0 Å². The highest BCUT2D eigenvalue weighted by Crippen LogP contribution is 2.18. The number of hydrogen-bond donors (Lipinski definition) is 1. The Morgan fingerprint density at radius 2 is 2.22 bits per heavy atom. The molecule has 1 aromatic heterocycles. The summed E-state index contributed by atoms with van der Waals surface area (Å²) in [6.07, 6.45) is 3.45. The maximum absolute atomic E-state index is 13.1. The van der Waals surface area contributed by atoms with Crippen molar-refractivity contribution in [3.05, 3.63) is 52.6 Å². The summed E-state index contributed by atoms with van der Waals surface area (Å²) in [7, 11) is 0. The van der Waals surface area contributed by atoms with Gasteiger partial charge in [-0.15, -0.1) is 0 Å². The van der Waals surface area contributed by atoms with Gasteiger partial charge in [-0.25, -0.2) is 9.07 Å². The van der Waals surface area contributed by atoms with E-state index in [-0.39, 0.29) is 5.82 Å². The Hall–Kier alpha value is -1.39. The third-order valence-corrected chi connectivity index (χ3v) is 3.15. The van der Waals surface area contributed by atoms with Crippen LogP contribution in [0.25, 0.3) is 0 Å². The second-order valence-corrected chi connectivity index (χ2v) is 4.50. The van der Waals surface area contributed by atoms with Crippen LogP contribution in [0.3, 0.4) is 0 Å². The van der Waals surface area contributed by atoms with E-state index in [1.165, 1.54) is 12.1 Å². The summed E-state index contributed by atoms with van der Waals surface area (Å²) in [4.78, 5) is 0. The van der Waals surface area contributed by atoms with E-state index in [4.69, 9.17) is 17.3 Å². The summed E-state index contributed by atoms with van der Waals surface area (Å²) in [5.74, 6) is -0.251. The van der Waals surface area contributed by atoms with E-state index in [9.17, 15) is 4.39 Å². The molecule has 5 heteroatoms. The van der Waals surface area contributed by atoms with Gasteiger partial charge in [-0.1, -0.05) is 23.7 Å². The molecule has 0 saturated heterocycles. The first-order chi connectivity index (χ1) is 8.70. The molecule has 1 aromatic carbocycles. The molecule has 0 bridgehead atoms. The number of halogens is 2. The van der Waals surface area contributed by atoms with Crippen molar-refractivity contribution in [1.29, 1.82) is 0 Å². The second kappa shape index (κ2) is 5.98. The number of benzene rings is 1. The number of hydrogen-bond acceptors (Lipinski definition) is 2. The summed E-state index contributed by atoms with van der Waals surface area (Å²) < 4.78 is 14.7. The van der Waals surface area contributed by atoms with Crippen molar-refractivity contribution in [3.8, 4) is 0 Å². The van der Waals surface area contributed by atoms with Gasteiger partial charge in [-0.2, -0.15) is 5.10 Å². The number of aromatic nitrogens is 2. The number of aryl methyl sites for hydroxylation is 1. The van der Waals surface area contributed by atoms with Gasteiger partial charge < -0.3 is 5.73 Å². The van der Waals surface area contributed by atoms with Gasteiger partial charge in [0.05, 0.1) is 12.7 Å². The van der Waals surface area contributed by atoms with E-state index in [2.05, 4.69) is 5.10 Å². The molecular formula is C13H15ClFN3. The lowest BCUT2D eigenvalue weighted by atomic mass is 10.2. The van der Waals surface area contributed by atoms with Crippen LogP contribution >= 0.6 is 11.6 Å². The monoisotopic (exact) mass is 267 g/mol. The molecule has 0 radical (unpaired) electrons. The van der Waals surface area contributed by atoms with Crippen LogP contribution in [-0.4, -0.2) is 16.3 Å². The lowest BCUT2D eigenvalue weighted by molar-refractivity contribution is 0.619. The molecule has 18 heavy (non-hydrogen) atoms. The summed E-state index contributed by atoms with van der Waals surface area (Å²) in [5.41, 5.74) is 7.28. The maximum Gasteiger partial charge on any atom is 0.130 e. The molecule has 0 aliphatic heterocycles. The molecule has 2 N–H and O–H groups in total. The van der Waals surface area contributed by atoms with Crippen molar-refractivity contribution >= 4 is 11.6 Å². The van der Waals surface area contributed by atoms with Gasteiger partial charge in [-0.3, -0.25) is 0 Å². The van der Waals surface area contributed by atoms with Crippen LogP contribution in [0.5, 0.6) is 0 Å². The fraction of sp³-hybridized carbons (Fsp3) is 0.308. The maximum atomic E-state index is 13.1. The average molecular weight is 268 g/mol. The first kappa shape index (κ1) is 13.1. The first-order valence-electron chi connectivity index (χ1n) is 5.85. The van der Waals surface area contributed by atoms with E-state index in [1.54, 1.807) is 16.9 Å². The minimum atomic E-state index is -0.251. The average Bonchev–Trinajstić information content (AvgIpc) is 2.69. The Morgan fingerprint density at radius 3 is 2.94 bits per heavy atom. The smallest absolute Gasteiger partial charge is 0.130 e. The fourth-order valence-electron chi connectivity index (χ4n) is 1.79. The zero-order valence-electron chi connectivity index (χ0n) is 9.94. The zero-order valence-corrected chi connectivity index (χ0v) is 10.7. The molecule has 0 atom stereocenters. The van der Waals surface area contributed by atoms with Gasteiger partial charge >= 0.3 is 0 Å². The molecule has 1 heterocycles. The largest absolute Gasteiger partial charge is 0.330 e. The summed E-state index contributed by atoms with van der Waals surface area (Å²) >= 11 is 6.22. The normalized spacial score (nSPS) is 10.8. The Labute approximate surface area is 110 Å². The fourth-order valence-corrected chi connectivity index (χ4v) is 2.03. The Morgan fingerprint density at radius 1 is 1.39 bits per heavy atom. The van der Waals surface area contributed by atoms with Crippen LogP contribution < -0.4 is 5.73 Å². The molecular weight excluding hydrogens is 253 g/mol. The van der Waals surface area contributed by atoms with Crippen molar-refractivity contribution in [2.45, 2.75) is 19.4 Å². The second-order valence-electron chi connectivity index (χ2n) is 4.14. The van der Waals surface area contributed by atoms with Gasteiger partial charge in [0, 0.05) is 5.56 Å². The van der Waals surface area contributed by atoms with E-state index in [1.807, 2.05) is 6.07 Å². The van der Waals surface area contributed by atoms with Crippen molar-refractivity contribution in [2.24, 2.45) is 5.73 Å². The molecule has 0 saturated carbocycles. The van der Waals surface area contributed by atoms with Crippen molar-refractivity contribution in [3.63, 3.8) is 0 Å². The number of rotatable bonds is 5. The lowest BCUT2D eigenvalue weighted by Crippen LogP contribution is -2.03. The van der Waals surface area contributed by atoms with Crippen LogP contribution in [0.2, 0.25) is 5.15 Å². The Bertz CT molecular complexity index is 525. The molecule has 0 aliphatic carbocycles. The van der Waals surface area contributed by atoms with Crippen molar-refractivity contribution in [2.75, 3.05) is 6.54 Å². The SMILES string of the molecule is NCCCc1cnn(Cc2cccc(F)c2)c1Cl. The summed E-state index contributed by atoms with van der Waals surface area (Å²) in [6.45, 7) is 1.10. The number of nitrogens with zero attached hydrogens (tertiary/aromatic N) is 2. The van der Waals surface area contributed by atoms with E-state index < -0.39 is 0 Å². The van der Waals surface area contributed by atoms with Crippen molar-refractivity contribution in [1.82, 2.24) is 9.78 Å². The highest BCUT2D eigenvalue weighted by atomic mass is 35.5. The van der Waals surface area contributed by atoms with E-state index >= 15 is 0 Å². The minimum absolute atomic E-state index is 0.251. The lowest BCUT2D eigenvalue weighted by Gasteiger charge is -2.04. The molecule has 2 aromatic rings. The predicted octanol–water partition coefficient (Wildman–Crippen LogP) is 2.62. The third-order valence-electron chi connectivity index (χ3n) is 2.72. The summed E-state index contributed by atoms with van der Waals surface area (Å²) in [5, 5.41) is 4.82. The highest BCUT2D eigenvalue weighted by molar-refractivity contribution is 6.30. The van der Waals surface area contributed by atoms with Gasteiger partial charge in [-0.05, 0) is 37.1 Å². The van der Waals surface area contributed by atoms with Crippen LogP contribution in [0.1, 0.15) is 17.5 Å². The quantitative estimate of drug-likeness (QED) is 0.905. The van der Waals surface area contributed by atoms with Crippen molar-refractivity contribution < 1.29 is 4.39 Å². The molecule has 0 aliphatic rings. The van der Waals surface area contributed by atoms with Gasteiger partial charge in [0.2, 0.25) is 0 Å². The standard InChI is InChI=1S/C13H15ClFN3/c14-13-11(4-2-6-16)8-17-18(13)9-10-3-1-5-12(15)7-10/h1,3,5,7-8H,2,4,6,9,16H2. The third kappa shape index (κ3) is 3.09. The van der Waals surface area contributed by atoms with E-state index in [0.29, 0.717) is 18.2 Å². The topological polar surface area (TPSA) is 43.8 Å². The molecule has 96 valence electrons. The van der Waals surface area contributed by atoms with E-state index in [0.717, 1.165) is 24.0 Å². The Balaban J connectivity index is 2.12. The zero-order chi connectivity index (χ0) is 13.0. The molecule has 0 spiro atoms. The molecule has 3 nitrogen and oxygen atoms in total. The van der Waals surface area contributed by atoms with Crippen LogP contribution in [-0.2, 0) is 13.0 Å². The predicted molar refractivity (Wildman–Crippen MR) is 70.1 cm³/mol. The summed E-state index contributed by atoms with van der Waals surface area (Å²) in [6, 6.07) is 6.43. The van der Waals surface area contributed by atoms with Crippen LogP contribution in [0.4, 0.5) is 4.39 Å². The van der Waals surface area contributed by atoms with Crippen LogP contribution in [0.15, 0.2) is 30.5 Å². The molecule has 0 fully saturated rings. The highest BCUT2D eigenvalue weighted by Gasteiger charge is 2.08. The Kier molecular flexibility index (Phi) is 4.33. The molecule has 2 rings (SSSR count). The molecule has 0 amide bonds.